The van der Waals surface area contributed by atoms with Crippen LogP contribution in [0.25, 0.3) is 11.4 Å². The average molecular weight is 250 g/mol. The Morgan fingerprint density at radius 1 is 1.29 bits per heavy atom. The fraction of sp³-hybridized carbons (Fsp3) is 0.300. The van der Waals surface area contributed by atoms with Crippen molar-refractivity contribution < 1.29 is 8.42 Å². The lowest BCUT2D eigenvalue weighted by atomic mass is 10.1. The highest BCUT2D eigenvalue weighted by atomic mass is 32.2. The molecule has 3 heterocycles. The van der Waals surface area contributed by atoms with Crippen molar-refractivity contribution in [2.24, 2.45) is 0 Å². The number of rotatable bonds is 1. The first-order valence-electron chi connectivity index (χ1n) is 5.19. The van der Waals surface area contributed by atoms with Crippen LogP contribution in [0.15, 0.2) is 18.6 Å². The van der Waals surface area contributed by atoms with E-state index >= 15 is 0 Å². The van der Waals surface area contributed by atoms with E-state index in [4.69, 9.17) is 0 Å². The summed E-state index contributed by atoms with van der Waals surface area (Å²) in [5, 5.41) is 7.02. The molecule has 0 unspecified atom stereocenters. The summed E-state index contributed by atoms with van der Waals surface area (Å²) in [6.45, 7) is 0. The lowest BCUT2D eigenvalue weighted by Gasteiger charge is -2.11. The first kappa shape index (κ1) is 10.4. The van der Waals surface area contributed by atoms with Crippen molar-refractivity contribution in [3.05, 3.63) is 29.8 Å². The highest BCUT2D eigenvalue weighted by molar-refractivity contribution is 7.90. The Morgan fingerprint density at radius 3 is 2.94 bits per heavy atom. The molecular formula is C10H10N4O2S. The minimum Gasteiger partial charge on any atom is -0.282 e. The molecule has 17 heavy (non-hydrogen) atoms. The number of aromatic amines is 1. The van der Waals surface area contributed by atoms with Crippen molar-refractivity contribution in [1.82, 2.24) is 20.2 Å². The van der Waals surface area contributed by atoms with Crippen molar-refractivity contribution >= 4 is 9.84 Å². The molecule has 0 aliphatic carbocycles. The zero-order chi connectivity index (χ0) is 11.9. The van der Waals surface area contributed by atoms with Crippen LogP contribution >= 0.6 is 0 Å². The van der Waals surface area contributed by atoms with Crippen molar-refractivity contribution in [2.75, 3.05) is 5.75 Å². The van der Waals surface area contributed by atoms with E-state index in [1.54, 1.807) is 18.6 Å². The molecule has 6 nitrogen and oxygen atoms in total. The van der Waals surface area contributed by atoms with E-state index in [9.17, 15) is 8.42 Å². The van der Waals surface area contributed by atoms with Gasteiger partial charge in [0.05, 0.1) is 17.7 Å². The largest absolute Gasteiger partial charge is 0.282 e. The van der Waals surface area contributed by atoms with Gasteiger partial charge < -0.3 is 0 Å². The smallest absolute Gasteiger partial charge is 0.154 e. The topological polar surface area (TPSA) is 88.6 Å². The predicted octanol–water partition coefficient (Wildman–Crippen LogP) is 0.338. The number of aryl methyl sites for hydroxylation is 1. The molecule has 0 spiro atoms. The Kier molecular flexibility index (Phi) is 2.22. The molecule has 0 bridgehead atoms. The number of aromatic nitrogens is 4. The second-order valence-electron chi connectivity index (χ2n) is 3.96. The maximum absolute atomic E-state index is 11.6. The Balaban J connectivity index is 2.13. The summed E-state index contributed by atoms with van der Waals surface area (Å²) in [6.07, 6.45) is 5.20. The SMILES string of the molecule is O=S1(=O)CCc2[nH]nc(-c3cnccn3)c2C1. The van der Waals surface area contributed by atoms with Crippen LogP contribution in [-0.4, -0.2) is 34.3 Å². The fourth-order valence-corrected chi connectivity index (χ4v) is 3.36. The van der Waals surface area contributed by atoms with Crippen LogP contribution in [0.3, 0.4) is 0 Å². The molecule has 0 aromatic carbocycles. The van der Waals surface area contributed by atoms with Gasteiger partial charge >= 0.3 is 0 Å². The van der Waals surface area contributed by atoms with Crippen LogP contribution in [0.1, 0.15) is 11.3 Å². The molecule has 0 saturated carbocycles. The van der Waals surface area contributed by atoms with Crippen LogP contribution in [0.5, 0.6) is 0 Å². The van der Waals surface area contributed by atoms with Crippen molar-refractivity contribution in [3.63, 3.8) is 0 Å². The van der Waals surface area contributed by atoms with Gasteiger partial charge in [-0.1, -0.05) is 0 Å². The molecule has 7 heteroatoms. The maximum atomic E-state index is 11.6. The van der Waals surface area contributed by atoms with E-state index in [-0.39, 0.29) is 11.5 Å². The Labute approximate surface area is 98.0 Å². The van der Waals surface area contributed by atoms with Crippen LogP contribution < -0.4 is 0 Å². The Bertz CT molecular complexity index is 648. The third kappa shape index (κ3) is 1.82. The molecule has 0 saturated heterocycles. The average Bonchev–Trinajstić information content (AvgIpc) is 2.71. The highest BCUT2D eigenvalue weighted by Gasteiger charge is 2.27. The van der Waals surface area contributed by atoms with Gasteiger partial charge in [0, 0.05) is 30.1 Å². The van der Waals surface area contributed by atoms with Crippen molar-refractivity contribution in [2.45, 2.75) is 12.2 Å². The first-order valence-corrected chi connectivity index (χ1v) is 7.01. The van der Waals surface area contributed by atoms with E-state index in [0.717, 1.165) is 11.3 Å². The Morgan fingerprint density at radius 2 is 2.18 bits per heavy atom. The van der Waals surface area contributed by atoms with Gasteiger partial charge in [-0.2, -0.15) is 5.10 Å². The number of H-pyrrole nitrogens is 1. The van der Waals surface area contributed by atoms with E-state index in [2.05, 4.69) is 20.2 Å². The predicted molar refractivity (Wildman–Crippen MR) is 60.8 cm³/mol. The number of hydrogen-bond donors (Lipinski definition) is 1. The van der Waals surface area contributed by atoms with Gasteiger partial charge in [-0.05, 0) is 0 Å². The van der Waals surface area contributed by atoms with Crippen LogP contribution in [0.4, 0.5) is 0 Å². The van der Waals surface area contributed by atoms with Gasteiger partial charge in [0.1, 0.15) is 11.4 Å². The van der Waals surface area contributed by atoms with E-state index in [0.29, 0.717) is 17.8 Å². The van der Waals surface area contributed by atoms with Gasteiger partial charge in [0.15, 0.2) is 9.84 Å². The quantitative estimate of drug-likeness (QED) is 0.788. The third-order valence-corrected chi connectivity index (χ3v) is 4.34. The number of nitrogens with one attached hydrogen (secondary N) is 1. The van der Waals surface area contributed by atoms with Gasteiger partial charge in [0.2, 0.25) is 0 Å². The zero-order valence-electron chi connectivity index (χ0n) is 8.92. The van der Waals surface area contributed by atoms with Crippen LogP contribution in [0, 0.1) is 0 Å². The summed E-state index contributed by atoms with van der Waals surface area (Å²) in [5.41, 5.74) is 2.82. The van der Waals surface area contributed by atoms with E-state index in [1.807, 2.05) is 0 Å². The summed E-state index contributed by atoms with van der Waals surface area (Å²) in [6, 6.07) is 0. The minimum atomic E-state index is -3.00. The van der Waals surface area contributed by atoms with E-state index in [1.165, 1.54) is 0 Å². The third-order valence-electron chi connectivity index (χ3n) is 2.79. The Hall–Kier alpha value is -1.76. The van der Waals surface area contributed by atoms with Crippen molar-refractivity contribution in [3.8, 4) is 11.4 Å². The standard InChI is InChI=1S/C10H10N4O2S/c15-17(16)4-1-8-7(6-17)10(14-13-8)9-5-11-2-3-12-9/h2-3,5H,1,4,6H2,(H,13,14). The zero-order valence-corrected chi connectivity index (χ0v) is 9.74. The van der Waals surface area contributed by atoms with Crippen LogP contribution in [-0.2, 0) is 22.0 Å². The molecule has 1 N–H and O–H groups in total. The summed E-state index contributed by atoms with van der Waals surface area (Å²) in [7, 11) is -3.00. The summed E-state index contributed by atoms with van der Waals surface area (Å²) < 4.78 is 23.2. The molecule has 0 amide bonds. The number of sulfone groups is 1. The lowest BCUT2D eigenvalue weighted by molar-refractivity contribution is 0.591. The second-order valence-corrected chi connectivity index (χ2v) is 6.15. The molecule has 2 aromatic rings. The number of hydrogen-bond acceptors (Lipinski definition) is 5. The molecular weight excluding hydrogens is 240 g/mol. The van der Waals surface area contributed by atoms with Gasteiger partial charge in [-0.15, -0.1) is 0 Å². The highest BCUT2D eigenvalue weighted by Crippen LogP contribution is 2.27. The summed E-state index contributed by atoms with van der Waals surface area (Å²) in [5.74, 6) is 0.215. The summed E-state index contributed by atoms with van der Waals surface area (Å²) >= 11 is 0. The molecule has 0 atom stereocenters. The molecule has 3 rings (SSSR count). The number of nitrogens with zero attached hydrogens (tertiary/aromatic N) is 3. The van der Waals surface area contributed by atoms with Crippen LogP contribution in [0.2, 0.25) is 0 Å². The molecule has 1 aliphatic heterocycles. The van der Waals surface area contributed by atoms with Gasteiger partial charge in [-0.3, -0.25) is 15.1 Å². The molecule has 0 fully saturated rings. The van der Waals surface area contributed by atoms with Gasteiger partial charge in [-0.25, -0.2) is 8.42 Å². The second kappa shape index (κ2) is 3.63. The molecule has 2 aromatic heterocycles. The van der Waals surface area contributed by atoms with E-state index < -0.39 is 9.84 Å². The number of fused-ring (bicyclic) bond motifs is 1. The van der Waals surface area contributed by atoms with Crippen molar-refractivity contribution in [1.29, 1.82) is 0 Å². The first-order chi connectivity index (χ1) is 8.16. The lowest BCUT2D eigenvalue weighted by Crippen LogP contribution is -2.18. The normalized spacial score (nSPS) is 17.6. The maximum Gasteiger partial charge on any atom is 0.154 e. The fourth-order valence-electron chi connectivity index (χ4n) is 1.95. The molecule has 88 valence electrons. The minimum absolute atomic E-state index is 0.0325. The monoisotopic (exact) mass is 250 g/mol. The molecule has 0 radical (unpaired) electrons. The molecule has 1 aliphatic rings. The van der Waals surface area contributed by atoms with Gasteiger partial charge in [0.25, 0.3) is 0 Å². The summed E-state index contributed by atoms with van der Waals surface area (Å²) in [4.78, 5) is 8.10.